The number of hydrogen-bond donors (Lipinski definition) is 2. The average molecular weight is 244 g/mol. The number of aliphatic hydroxyl groups is 2. The molecular formula is C15H32O2. The van der Waals surface area contributed by atoms with E-state index in [1.165, 1.54) is 0 Å². The van der Waals surface area contributed by atoms with Crippen LogP contribution in [0.2, 0.25) is 0 Å². The van der Waals surface area contributed by atoms with E-state index < -0.39 is 0 Å². The van der Waals surface area contributed by atoms with Crippen molar-refractivity contribution < 1.29 is 10.2 Å². The van der Waals surface area contributed by atoms with E-state index in [1.807, 2.05) is 0 Å². The van der Waals surface area contributed by atoms with E-state index >= 15 is 0 Å². The first kappa shape index (κ1) is 16.9. The van der Waals surface area contributed by atoms with Crippen molar-refractivity contribution >= 4 is 0 Å². The van der Waals surface area contributed by atoms with Gasteiger partial charge in [0.25, 0.3) is 0 Å². The molecule has 2 nitrogen and oxygen atoms in total. The molecule has 0 bridgehead atoms. The molecule has 17 heavy (non-hydrogen) atoms. The Labute approximate surface area is 107 Å². The maximum Gasteiger partial charge on any atom is 0.0621 e. The van der Waals surface area contributed by atoms with Gasteiger partial charge in [-0.1, -0.05) is 53.4 Å². The van der Waals surface area contributed by atoms with Crippen LogP contribution in [0.15, 0.2) is 0 Å². The summed E-state index contributed by atoms with van der Waals surface area (Å²) in [5, 5.41) is 20.9. The van der Waals surface area contributed by atoms with Crippen molar-refractivity contribution in [1.82, 2.24) is 0 Å². The Morgan fingerprint density at radius 1 is 0.706 bits per heavy atom. The molecule has 104 valence electrons. The van der Waals surface area contributed by atoms with E-state index in [2.05, 4.69) is 27.7 Å². The van der Waals surface area contributed by atoms with E-state index in [-0.39, 0.29) is 17.6 Å². The Kier molecular flexibility index (Phi) is 8.89. The third kappa shape index (κ3) is 4.59. The molecule has 0 aliphatic heterocycles. The minimum absolute atomic E-state index is 0.268. The van der Waals surface area contributed by atoms with Gasteiger partial charge in [-0.05, 0) is 25.7 Å². The van der Waals surface area contributed by atoms with Gasteiger partial charge >= 0.3 is 0 Å². The quantitative estimate of drug-likeness (QED) is 0.612. The molecule has 0 radical (unpaired) electrons. The van der Waals surface area contributed by atoms with Gasteiger partial charge < -0.3 is 10.2 Å². The van der Waals surface area contributed by atoms with Crippen molar-refractivity contribution in [3.8, 4) is 0 Å². The highest BCUT2D eigenvalue weighted by molar-refractivity contribution is 4.92. The Bertz CT molecular complexity index is 160. The second-order valence-corrected chi connectivity index (χ2v) is 5.34. The lowest BCUT2D eigenvalue weighted by Crippen LogP contribution is -2.45. The molecule has 0 aromatic rings. The Morgan fingerprint density at radius 3 is 1.29 bits per heavy atom. The zero-order chi connectivity index (χ0) is 13.3. The summed E-state index contributed by atoms with van der Waals surface area (Å²) in [4.78, 5) is 0. The summed E-state index contributed by atoms with van der Waals surface area (Å²) in [5.74, 6) is 0. The van der Waals surface area contributed by atoms with Gasteiger partial charge in [-0.3, -0.25) is 0 Å². The van der Waals surface area contributed by atoms with Gasteiger partial charge in [0.15, 0.2) is 0 Å². The van der Waals surface area contributed by atoms with Crippen molar-refractivity contribution in [2.24, 2.45) is 5.41 Å². The molecular weight excluding hydrogens is 212 g/mol. The largest absolute Gasteiger partial charge is 0.392 e. The molecule has 0 amide bonds. The van der Waals surface area contributed by atoms with Gasteiger partial charge in [0.1, 0.15) is 0 Å². The van der Waals surface area contributed by atoms with E-state index in [4.69, 9.17) is 0 Å². The van der Waals surface area contributed by atoms with Crippen LogP contribution in [-0.2, 0) is 0 Å². The summed E-state index contributed by atoms with van der Waals surface area (Å²) in [6.07, 6.45) is 6.80. The summed E-state index contributed by atoms with van der Waals surface area (Å²) < 4.78 is 0. The third-order valence-electron chi connectivity index (χ3n) is 3.88. The summed E-state index contributed by atoms with van der Waals surface area (Å²) in [7, 11) is 0. The smallest absolute Gasteiger partial charge is 0.0621 e. The molecule has 2 N–H and O–H groups in total. The molecule has 2 unspecified atom stereocenters. The molecule has 0 heterocycles. The standard InChI is InChI=1S/C15H32O2/c1-5-9-13(16)15(11-7-3,12-8-4)14(17)10-6-2/h13-14,16-17H,5-12H2,1-4H3. The molecule has 0 aromatic carbocycles. The summed E-state index contributed by atoms with van der Waals surface area (Å²) in [6, 6.07) is 0. The lowest BCUT2D eigenvalue weighted by atomic mass is 9.68. The van der Waals surface area contributed by atoms with Crippen molar-refractivity contribution in [1.29, 1.82) is 0 Å². The zero-order valence-corrected chi connectivity index (χ0v) is 12.2. The maximum atomic E-state index is 10.5. The van der Waals surface area contributed by atoms with Crippen LogP contribution >= 0.6 is 0 Å². The predicted octanol–water partition coefficient (Wildman–Crippen LogP) is 3.90. The van der Waals surface area contributed by atoms with Crippen LogP contribution in [0.1, 0.15) is 79.1 Å². The molecule has 0 saturated carbocycles. The monoisotopic (exact) mass is 244 g/mol. The summed E-state index contributed by atoms with van der Waals surface area (Å²) in [5.41, 5.74) is -0.268. The second-order valence-electron chi connectivity index (χ2n) is 5.34. The first-order valence-electron chi connectivity index (χ1n) is 7.45. The highest BCUT2D eigenvalue weighted by atomic mass is 16.3. The highest BCUT2D eigenvalue weighted by Gasteiger charge is 2.41. The Morgan fingerprint density at radius 2 is 1.06 bits per heavy atom. The fraction of sp³-hybridized carbons (Fsp3) is 1.00. The van der Waals surface area contributed by atoms with Crippen LogP contribution < -0.4 is 0 Å². The number of hydrogen-bond acceptors (Lipinski definition) is 2. The Hall–Kier alpha value is -0.0800. The van der Waals surface area contributed by atoms with E-state index in [9.17, 15) is 10.2 Å². The molecule has 0 rings (SSSR count). The normalized spacial score (nSPS) is 15.9. The molecule has 0 spiro atoms. The molecule has 0 saturated heterocycles. The van der Waals surface area contributed by atoms with Crippen LogP contribution in [0.4, 0.5) is 0 Å². The molecule has 0 aliphatic carbocycles. The molecule has 2 atom stereocenters. The van der Waals surface area contributed by atoms with Crippen LogP contribution in [0.25, 0.3) is 0 Å². The van der Waals surface area contributed by atoms with Gasteiger partial charge in [-0.25, -0.2) is 0 Å². The first-order chi connectivity index (χ1) is 8.08. The summed E-state index contributed by atoms with van der Waals surface area (Å²) in [6.45, 7) is 8.47. The fourth-order valence-corrected chi connectivity index (χ4v) is 3.07. The minimum atomic E-state index is -0.353. The number of rotatable bonds is 10. The van der Waals surface area contributed by atoms with Gasteiger partial charge in [0.05, 0.1) is 12.2 Å². The van der Waals surface area contributed by atoms with Crippen molar-refractivity contribution in [3.05, 3.63) is 0 Å². The minimum Gasteiger partial charge on any atom is -0.392 e. The lowest BCUT2D eigenvalue weighted by molar-refractivity contribution is -0.0886. The topological polar surface area (TPSA) is 40.5 Å². The highest BCUT2D eigenvalue weighted by Crippen LogP contribution is 2.40. The first-order valence-corrected chi connectivity index (χ1v) is 7.45. The fourth-order valence-electron chi connectivity index (χ4n) is 3.07. The molecule has 0 aromatic heterocycles. The van der Waals surface area contributed by atoms with E-state index in [0.717, 1.165) is 51.4 Å². The van der Waals surface area contributed by atoms with Crippen LogP contribution in [0.5, 0.6) is 0 Å². The van der Waals surface area contributed by atoms with Crippen LogP contribution in [0, 0.1) is 5.41 Å². The average Bonchev–Trinajstić information content (AvgIpc) is 2.29. The Balaban J connectivity index is 4.94. The predicted molar refractivity (Wildman–Crippen MR) is 74.1 cm³/mol. The van der Waals surface area contributed by atoms with Crippen molar-refractivity contribution in [3.63, 3.8) is 0 Å². The third-order valence-corrected chi connectivity index (χ3v) is 3.88. The van der Waals surface area contributed by atoms with Gasteiger partial charge in [-0.15, -0.1) is 0 Å². The zero-order valence-electron chi connectivity index (χ0n) is 12.2. The van der Waals surface area contributed by atoms with Crippen molar-refractivity contribution in [2.45, 2.75) is 91.3 Å². The molecule has 2 heteroatoms. The van der Waals surface area contributed by atoms with E-state index in [1.54, 1.807) is 0 Å². The SMILES string of the molecule is CCCC(O)C(CCC)(CCC)C(O)CCC. The van der Waals surface area contributed by atoms with Crippen LogP contribution in [-0.4, -0.2) is 22.4 Å². The summed E-state index contributed by atoms with van der Waals surface area (Å²) >= 11 is 0. The second kappa shape index (κ2) is 8.93. The number of aliphatic hydroxyl groups excluding tert-OH is 2. The maximum absolute atomic E-state index is 10.5. The van der Waals surface area contributed by atoms with Gasteiger partial charge in [0.2, 0.25) is 0 Å². The van der Waals surface area contributed by atoms with Gasteiger partial charge in [0, 0.05) is 5.41 Å². The molecule has 0 fully saturated rings. The molecule has 0 aliphatic rings. The van der Waals surface area contributed by atoms with Crippen LogP contribution in [0.3, 0.4) is 0 Å². The van der Waals surface area contributed by atoms with Gasteiger partial charge in [-0.2, -0.15) is 0 Å². The van der Waals surface area contributed by atoms with E-state index in [0.29, 0.717) is 0 Å². The lowest BCUT2D eigenvalue weighted by Gasteiger charge is -2.42. The van der Waals surface area contributed by atoms with Crippen molar-refractivity contribution in [2.75, 3.05) is 0 Å².